The molecule has 1 saturated heterocycles. The molecule has 2 aromatic rings. The van der Waals surface area contributed by atoms with Gasteiger partial charge in [-0.25, -0.2) is 0 Å². The Morgan fingerprint density at radius 2 is 2.00 bits per heavy atom. The fourth-order valence-corrected chi connectivity index (χ4v) is 4.52. The zero-order chi connectivity index (χ0) is 18.9. The van der Waals surface area contributed by atoms with E-state index in [0.717, 1.165) is 30.4 Å². The SMILES string of the molecule is COC(=O)C1CC2(CCN(C(=O)/C=C/c3ccoc3)CC2)c2ccccc21. The van der Waals surface area contributed by atoms with Crippen molar-refractivity contribution in [1.82, 2.24) is 4.90 Å². The van der Waals surface area contributed by atoms with Crippen molar-refractivity contribution in [2.24, 2.45) is 0 Å². The Bertz CT molecular complexity index is 860. The predicted octanol–water partition coefficient (Wildman–Crippen LogP) is 3.51. The van der Waals surface area contributed by atoms with Crippen molar-refractivity contribution in [1.29, 1.82) is 0 Å². The summed E-state index contributed by atoms with van der Waals surface area (Å²) >= 11 is 0. The quantitative estimate of drug-likeness (QED) is 0.617. The lowest BCUT2D eigenvalue weighted by atomic mass is 9.73. The number of likely N-dealkylation sites (tertiary alicyclic amines) is 1. The number of ether oxygens (including phenoxy) is 1. The summed E-state index contributed by atoms with van der Waals surface area (Å²) in [4.78, 5) is 26.6. The number of methoxy groups -OCH3 is 1. The molecule has 1 aliphatic heterocycles. The fourth-order valence-electron chi connectivity index (χ4n) is 4.52. The van der Waals surface area contributed by atoms with E-state index in [1.807, 2.05) is 29.2 Å². The van der Waals surface area contributed by atoms with Crippen LogP contribution in [0.3, 0.4) is 0 Å². The normalized spacial score (nSPS) is 20.8. The van der Waals surface area contributed by atoms with Gasteiger partial charge in [0.1, 0.15) is 0 Å². The number of hydrogen-bond donors (Lipinski definition) is 0. The molecule has 1 aromatic carbocycles. The second-order valence-electron chi connectivity index (χ2n) is 7.36. The molecule has 1 unspecified atom stereocenters. The number of furan rings is 1. The van der Waals surface area contributed by atoms with Crippen LogP contribution in [0.5, 0.6) is 0 Å². The van der Waals surface area contributed by atoms with Crippen LogP contribution in [-0.4, -0.2) is 37.0 Å². The molecule has 5 nitrogen and oxygen atoms in total. The third-order valence-electron chi connectivity index (χ3n) is 5.98. The van der Waals surface area contributed by atoms with E-state index in [-0.39, 0.29) is 23.2 Å². The molecule has 2 aliphatic rings. The number of nitrogens with zero attached hydrogens (tertiary/aromatic N) is 1. The highest BCUT2D eigenvalue weighted by Crippen LogP contribution is 2.51. The van der Waals surface area contributed by atoms with Gasteiger partial charge >= 0.3 is 5.97 Å². The standard InChI is InChI=1S/C22H23NO4/c1-26-21(25)18-14-22(19-5-3-2-4-17(18)19)9-11-23(12-10-22)20(24)7-6-16-8-13-27-15-16/h2-8,13,15,18H,9-12,14H2,1H3/b7-6+. The van der Waals surface area contributed by atoms with Gasteiger partial charge in [0, 0.05) is 30.1 Å². The molecular weight excluding hydrogens is 342 g/mol. The van der Waals surface area contributed by atoms with E-state index in [4.69, 9.17) is 9.15 Å². The zero-order valence-corrected chi connectivity index (χ0v) is 15.4. The summed E-state index contributed by atoms with van der Waals surface area (Å²) in [6.07, 6.45) is 9.07. The molecule has 0 bridgehead atoms. The second kappa shape index (κ2) is 7.06. The van der Waals surface area contributed by atoms with Crippen molar-refractivity contribution in [2.75, 3.05) is 20.2 Å². The molecule has 5 heteroatoms. The Balaban J connectivity index is 1.48. The van der Waals surface area contributed by atoms with E-state index in [9.17, 15) is 9.59 Å². The van der Waals surface area contributed by atoms with E-state index in [0.29, 0.717) is 13.1 Å². The summed E-state index contributed by atoms with van der Waals surface area (Å²) < 4.78 is 10.0. The average molecular weight is 365 g/mol. The average Bonchev–Trinajstić information content (AvgIpc) is 3.33. The van der Waals surface area contributed by atoms with E-state index >= 15 is 0 Å². The summed E-state index contributed by atoms with van der Waals surface area (Å²) in [5.74, 6) is -0.350. The summed E-state index contributed by atoms with van der Waals surface area (Å²) in [5.41, 5.74) is 3.17. The van der Waals surface area contributed by atoms with Crippen molar-refractivity contribution >= 4 is 18.0 Å². The second-order valence-corrected chi connectivity index (χ2v) is 7.36. The maximum absolute atomic E-state index is 12.5. The van der Waals surface area contributed by atoms with Gasteiger partial charge in [0.05, 0.1) is 25.6 Å². The Kier molecular flexibility index (Phi) is 4.60. The number of esters is 1. The van der Waals surface area contributed by atoms with Gasteiger partial charge < -0.3 is 14.1 Å². The molecule has 2 heterocycles. The summed E-state index contributed by atoms with van der Waals surface area (Å²) in [5, 5.41) is 0. The molecule has 1 aromatic heterocycles. The van der Waals surface area contributed by atoms with Crippen LogP contribution in [0.25, 0.3) is 6.08 Å². The molecule has 1 atom stereocenters. The lowest BCUT2D eigenvalue weighted by molar-refractivity contribution is -0.143. The highest BCUT2D eigenvalue weighted by atomic mass is 16.5. The van der Waals surface area contributed by atoms with Crippen LogP contribution < -0.4 is 0 Å². The van der Waals surface area contributed by atoms with Crippen LogP contribution in [0.2, 0.25) is 0 Å². The lowest BCUT2D eigenvalue weighted by Crippen LogP contribution is -2.44. The van der Waals surface area contributed by atoms with Crippen LogP contribution in [0, 0.1) is 0 Å². The van der Waals surface area contributed by atoms with Gasteiger partial charge in [-0.05, 0) is 42.5 Å². The highest BCUT2D eigenvalue weighted by molar-refractivity contribution is 5.91. The number of hydrogen-bond acceptors (Lipinski definition) is 4. The van der Waals surface area contributed by atoms with Crippen molar-refractivity contribution < 1.29 is 18.7 Å². The zero-order valence-electron chi connectivity index (χ0n) is 15.4. The Labute approximate surface area is 158 Å². The highest BCUT2D eigenvalue weighted by Gasteiger charge is 2.48. The molecule has 140 valence electrons. The van der Waals surface area contributed by atoms with Crippen LogP contribution >= 0.6 is 0 Å². The minimum Gasteiger partial charge on any atom is -0.472 e. The molecule has 4 rings (SSSR count). The van der Waals surface area contributed by atoms with Crippen LogP contribution in [0.15, 0.2) is 53.4 Å². The van der Waals surface area contributed by atoms with Crippen LogP contribution in [0.4, 0.5) is 0 Å². The third-order valence-corrected chi connectivity index (χ3v) is 5.98. The number of carbonyl (C=O) groups excluding carboxylic acids is 2. The van der Waals surface area contributed by atoms with Crippen molar-refractivity contribution in [3.8, 4) is 0 Å². The van der Waals surface area contributed by atoms with Crippen LogP contribution in [-0.2, 0) is 19.7 Å². The van der Waals surface area contributed by atoms with E-state index in [1.54, 1.807) is 24.7 Å². The topological polar surface area (TPSA) is 59.8 Å². The van der Waals surface area contributed by atoms with E-state index in [1.165, 1.54) is 12.7 Å². The molecule has 1 fully saturated rings. The van der Waals surface area contributed by atoms with Crippen molar-refractivity contribution in [3.63, 3.8) is 0 Å². The maximum atomic E-state index is 12.5. The van der Waals surface area contributed by atoms with E-state index in [2.05, 4.69) is 6.07 Å². The first kappa shape index (κ1) is 17.6. The summed E-state index contributed by atoms with van der Waals surface area (Å²) in [6.45, 7) is 1.38. The lowest BCUT2D eigenvalue weighted by Gasteiger charge is -2.40. The largest absolute Gasteiger partial charge is 0.472 e. The van der Waals surface area contributed by atoms with Gasteiger partial charge in [-0.15, -0.1) is 0 Å². The first-order chi connectivity index (χ1) is 13.1. The Morgan fingerprint density at radius 1 is 1.22 bits per heavy atom. The molecule has 0 radical (unpaired) electrons. The number of amides is 1. The number of benzene rings is 1. The first-order valence-corrected chi connectivity index (χ1v) is 9.29. The molecule has 1 spiro atoms. The molecular formula is C22H23NO4. The maximum Gasteiger partial charge on any atom is 0.313 e. The number of piperidine rings is 1. The Hall–Kier alpha value is -2.82. The van der Waals surface area contributed by atoms with Gasteiger partial charge in [0.2, 0.25) is 5.91 Å². The van der Waals surface area contributed by atoms with Crippen LogP contribution in [0.1, 0.15) is 41.9 Å². The molecule has 27 heavy (non-hydrogen) atoms. The smallest absolute Gasteiger partial charge is 0.313 e. The van der Waals surface area contributed by atoms with Crippen molar-refractivity contribution in [2.45, 2.75) is 30.6 Å². The third kappa shape index (κ3) is 3.18. The van der Waals surface area contributed by atoms with Gasteiger partial charge in [-0.3, -0.25) is 9.59 Å². The Morgan fingerprint density at radius 3 is 2.70 bits per heavy atom. The predicted molar refractivity (Wildman–Crippen MR) is 101 cm³/mol. The van der Waals surface area contributed by atoms with Gasteiger partial charge in [0.15, 0.2) is 0 Å². The van der Waals surface area contributed by atoms with Gasteiger partial charge in [0.25, 0.3) is 0 Å². The van der Waals surface area contributed by atoms with Gasteiger partial charge in [-0.1, -0.05) is 24.3 Å². The van der Waals surface area contributed by atoms with E-state index < -0.39 is 0 Å². The molecule has 0 N–H and O–H groups in total. The van der Waals surface area contributed by atoms with Crippen molar-refractivity contribution in [3.05, 3.63) is 65.6 Å². The fraction of sp³-hybridized carbons (Fsp3) is 0.364. The minimum atomic E-state index is -0.200. The number of fused-ring (bicyclic) bond motifs is 2. The first-order valence-electron chi connectivity index (χ1n) is 9.29. The molecule has 0 saturated carbocycles. The number of carbonyl (C=O) groups is 2. The molecule has 1 amide bonds. The number of rotatable bonds is 3. The molecule has 1 aliphatic carbocycles. The monoisotopic (exact) mass is 365 g/mol. The summed E-state index contributed by atoms with van der Waals surface area (Å²) in [6, 6.07) is 10.0. The van der Waals surface area contributed by atoms with Gasteiger partial charge in [-0.2, -0.15) is 0 Å². The summed E-state index contributed by atoms with van der Waals surface area (Å²) in [7, 11) is 1.45. The minimum absolute atomic E-state index is 0.0156.